The minimum absolute atomic E-state index is 0.103. The summed E-state index contributed by atoms with van der Waals surface area (Å²) >= 11 is 12.8. The van der Waals surface area contributed by atoms with E-state index in [4.69, 9.17) is 32.7 Å². The summed E-state index contributed by atoms with van der Waals surface area (Å²) in [6.45, 7) is 5.60. The molecule has 0 atom stereocenters. The van der Waals surface area contributed by atoms with Crippen LogP contribution < -0.4 is 9.47 Å². The number of carbonyl (C=O) groups is 1. The van der Waals surface area contributed by atoms with Crippen LogP contribution in [0.5, 0.6) is 11.5 Å². The minimum atomic E-state index is -0.103. The van der Waals surface area contributed by atoms with Crippen LogP contribution in [0.25, 0.3) is 0 Å². The van der Waals surface area contributed by atoms with Crippen LogP contribution in [0.3, 0.4) is 0 Å². The zero-order valence-electron chi connectivity index (χ0n) is 17.2. The fraction of sp³-hybridized carbons (Fsp3) is 0.500. The zero-order valence-corrected chi connectivity index (χ0v) is 18.7. The van der Waals surface area contributed by atoms with Gasteiger partial charge in [-0.3, -0.25) is 14.4 Å². The van der Waals surface area contributed by atoms with Crippen molar-refractivity contribution < 1.29 is 14.3 Å². The first-order valence-electron chi connectivity index (χ1n) is 9.47. The predicted molar refractivity (Wildman–Crippen MR) is 113 cm³/mol. The van der Waals surface area contributed by atoms with Crippen molar-refractivity contribution in [3.05, 3.63) is 39.1 Å². The van der Waals surface area contributed by atoms with Gasteiger partial charge < -0.3 is 14.4 Å². The number of amides is 1. The Balaban J connectivity index is 1.72. The van der Waals surface area contributed by atoms with Crippen LogP contribution in [0.1, 0.15) is 28.0 Å². The average molecular weight is 441 g/mol. The normalized spacial score (nSPS) is 15.3. The summed E-state index contributed by atoms with van der Waals surface area (Å²) in [5.41, 5.74) is 2.40. The van der Waals surface area contributed by atoms with Crippen molar-refractivity contribution in [2.45, 2.75) is 19.9 Å². The first kappa shape index (κ1) is 21.7. The molecule has 1 fully saturated rings. The number of aryl methyl sites for hydroxylation is 2. The lowest BCUT2D eigenvalue weighted by atomic mass is 10.1. The van der Waals surface area contributed by atoms with E-state index >= 15 is 0 Å². The molecule has 29 heavy (non-hydrogen) atoms. The molecule has 1 amide bonds. The topological polar surface area (TPSA) is 59.8 Å². The maximum atomic E-state index is 13.1. The van der Waals surface area contributed by atoms with Gasteiger partial charge in [0.1, 0.15) is 5.15 Å². The molecule has 0 saturated carbocycles. The fourth-order valence-electron chi connectivity index (χ4n) is 3.63. The van der Waals surface area contributed by atoms with E-state index in [9.17, 15) is 4.79 Å². The summed E-state index contributed by atoms with van der Waals surface area (Å²) in [6, 6.07) is 3.39. The van der Waals surface area contributed by atoms with E-state index < -0.39 is 0 Å². The fourth-order valence-corrected chi connectivity index (χ4v) is 4.18. The number of hydrogen-bond acceptors (Lipinski definition) is 5. The summed E-state index contributed by atoms with van der Waals surface area (Å²) in [6.07, 6.45) is 0.869. The van der Waals surface area contributed by atoms with E-state index in [0.29, 0.717) is 35.3 Å². The Morgan fingerprint density at radius 2 is 1.90 bits per heavy atom. The van der Waals surface area contributed by atoms with E-state index in [1.165, 1.54) is 14.2 Å². The van der Waals surface area contributed by atoms with Gasteiger partial charge in [-0.25, -0.2) is 0 Å². The number of methoxy groups -OCH3 is 2. The highest BCUT2D eigenvalue weighted by Crippen LogP contribution is 2.37. The molecule has 1 aliphatic rings. The first-order chi connectivity index (χ1) is 13.9. The molecule has 7 nitrogen and oxygen atoms in total. The second-order valence-electron chi connectivity index (χ2n) is 7.06. The monoisotopic (exact) mass is 440 g/mol. The molecule has 3 rings (SSSR count). The molecule has 158 valence electrons. The molecule has 1 saturated heterocycles. The second kappa shape index (κ2) is 9.24. The van der Waals surface area contributed by atoms with Crippen molar-refractivity contribution in [2.24, 2.45) is 7.05 Å². The highest BCUT2D eigenvalue weighted by atomic mass is 35.5. The molecule has 9 heteroatoms. The Bertz CT molecular complexity index is 900. The van der Waals surface area contributed by atoms with Crippen molar-refractivity contribution in [3.63, 3.8) is 0 Å². The van der Waals surface area contributed by atoms with Gasteiger partial charge in [-0.05, 0) is 25.5 Å². The van der Waals surface area contributed by atoms with Gasteiger partial charge >= 0.3 is 0 Å². The van der Waals surface area contributed by atoms with Gasteiger partial charge in [0, 0.05) is 45.3 Å². The molecule has 0 N–H and O–H groups in total. The number of hydrogen-bond donors (Lipinski definition) is 0. The van der Waals surface area contributed by atoms with Crippen molar-refractivity contribution in [3.8, 4) is 11.5 Å². The summed E-state index contributed by atoms with van der Waals surface area (Å²) in [5, 5.41) is 5.32. The van der Waals surface area contributed by atoms with Crippen LogP contribution in [0, 0.1) is 6.92 Å². The molecule has 2 aromatic rings. The third-order valence-electron chi connectivity index (χ3n) is 5.24. The average Bonchev–Trinajstić information content (AvgIpc) is 2.88. The van der Waals surface area contributed by atoms with Gasteiger partial charge in [-0.2, -0.15) is 5.10 Å². The van der Waals surface area contributed by atoms with Gasteiger partial charge in [0.25, 0.3) is 5.91 Å². The van der Waals surface area contributed by atoms with Gasteiger partial charge in [-0.1, -0.05) is 23.2 Å². The van der Waals surface area contributed by atoms with E-state index in [2.05, 4.69) is 10.00 Å². The molecule has 1 aliphatic heterocycles. The maximum Gasteiger partial charge on any atom is 0.255 e. The summed E-state index contributed by atoms with van der Waals surface area (Å²) < 4.78 is 12.3. The van der Waals surface area contributed by atoms with Gasteiger partial charge in [0.15, 0.2) is 11.5 Å². The standard InChI is InChI=1S/C20H26Cl2N4O3/c1-13-15(19(22)24(2)23-13)12-25-8-5-9-26(11-10-25)20(27)14-6-7-16(28-3)18(29-4)17(14)21/h6-7H,5,8-12H2,1-4H3. The predicted octanol–water partition coefficient (Wildman–Crippen LogP) is 3.40. The Morgan fingerprint density at radius 1 is 1.14 bits per heavy atom. The number of rotatable bonds is 5. The smallest absolute Gasteiger partial charge is 0.255 e. The van der Waals surface area contributed by atoms with Crippen LogP contribution in [0.2, 0.25) is 10.2 Å². The lowest BCUT2D eigenvalue weighted by molar-refractivity contribution is 0.0761. The zero-order chi connectivity index (χ0) is 21.1. The van der Waals surface area contributed by atoms with Crippen molar-refractivity contribution in [1.82, 2.24) is 19.6 Å². The molecule has 0 unspecified atom stereocenters. The highest BCUT2D eigenvalue weighted by Gasteiger charge is 2.25. The Kier molecular flexibility index (Phi) is 6.93. The lowest BCUT2D eigenvalue weighted by Crippen LogP contribution is -2.35. The van der Waals surface area contributed by atoms with Crippen molar-refractivity contribution >= 4 is 29.1 Å². The third kappa shape index (κ3) is 4.47. The molecule has 1 aromatic carbocycles. The van der Waals surface area contributed by atoms with Gasteiger partial charge in [0.05, 0.1) is 30.5 Å². The first-order valence-corrected chi connectivity index (χ1v) is 10.2. The molecule has 0 radical (unpaired) electrons. The van der Waals surface area contributed by atoms with Crippen molar-refractivity contribution in [1.29, 1.82) is 0 Å². The summed E-state index contributed by atoms with van der Waals surface area (Å²) in [7, 11) is 4.89. The van der Waals surface area contributed by atoms with Crippen LogP contribution in [0.4, 0.5) is 0 Å². The van der Waals surface area contributed by atoms with Gasteiger partial charge in [0.2, 0.25) is 0 Å². The van der Waals surface area contributed by atoms with Gasteiger partial charge in [-0.15, -0.1) is 0 Å². The maximum absolute atomic E-state index is 13.1. The molecular formula is C20H26Cl2N4O3. The Hall–Kier alpha value is -1.96. The van der Waals surface area contributed by atoms with Crippen LogP contribution >= 0.6 is 23.2 Å². The molecule has 0 spiro atoms. The third-order valence-corrected chi connectivity index (χ3v) is 6.09. The van der Waals surface area contributed by atoms with E-state index in [-0.39, 0.29) is 10.9 Å². The highest BCUT2D eigenvalue weighted by molar-refractivity contribution is 6.35. The Labute approximate surface area is 181 Å². The number of aromatic nitrogens is 2. The molecular weight excluding hydrogens is 415 g/mol. The lowest BCUT2D eigenvalue weighted by Gasteiger charge is -2.23. The van der Waals surface area contributed by atoms with E-state index in [1.54, 1.807) is 16.8 Å². The van der Waals surface area contributed by atoms with Crippen molar-refractivity contribution in [2.75, 3.05) is 40.4 Å². The number of ether oxygens (including phenoxy) is 2. The summed E-state index contributed by atoms with van der Waals surface area (Å²) in [5.74, 6) is 0.770. The van der Waals surface area contributed by atoms with E-state index in [0.717, 1.165) is 37.3 Å². The number of benzene rings is 1. The van der Waals surface area contributed by atoms with Crippen LogP contribution in [0.15, 0.2) is 12.1 Å². The molecule has 0 aliphatic carbocycles. The molecule has 0 bridgehead atoms. The largest absolute Gasteiger partial charge is 0.493 e. The second-order valence-corrected chi connectivity index (χ2v) is 7.80. The van der Waals surface area contributed by atoms with Crippen LogP contribution in [-0.2, 0) is 13.6 Å². The summed E-state index contributed by atoms with van der Waals surface area (Å²) in [4.78, 5) is 17.3. The molecule has 1 aromatic heterocycles. The number of carbonyl (C=O) groups excluding carboxylic acids is 1. The molecule has 2 heterocycles. The quantitative estimate of drug-likeness (QED) is 0.712. The van der Waals surface area contributed by atoms with E-state index in [1.807, 2.05) is 18.9 Å². The van der Waals surface area contributed by atoms with Crippen LogP contribution in [-0.4, -0.2) is 65.9 Å². The minimum Gasteiger partial charge on any atom is -0.493 e. The SMILES string of the molecule is COc1ccc(C(=O)N2CCCN(Cc3c(C)nn(C)c3Cl)CC2)c(Cl)c1OC. The number of halogens is 2. The Morgan fingerprint density at radius 3 is 2.52 bits per heavy atom. The number of nitrogens with zero attached hydrogens (tertiary/aromatic N) is 4.